The zero-order valence-electron chi connectivity index (χ0n) is 10.6. The fraction of sp³-hybridized carbons (Fsp3) is 0.0588. The van der Waals surface area contributed by atoms with E-state index in [2.05, 4.69) is 22.6 Å². The van der Waals surface area contributed by atoms with E-state index in [9.17, 15) is 9.50 Å². The number of rotatable bonds is 2. The van der Waals surface area contributed by atoms with Crippen molar-refractivity contribution in [1.29, 1.82) is 0 Å². The zero-order chi connectivity index (χ0) is 14.1. The molecule has 0 fully saturated rings. The third kappa shape index (κ3) is 2.31. The molecule has 1 N–H and O–H groups in total. The van der Waals surface area contributed by atoms with E-state index in [0.29, 0.717) is 5.39 Å². The molecule has 0 radical (unpaired) electrons. The summed E-state index contributed by atoms with van der Waals surface area (Å²) >= 11 is 2.20. The number of hydrogen-bond donors (Lipinski definition) is 1. The first-order valence-electron chi connectivity index (χ1n) is 6.28. The maximum atomic E-state index is 13.8. The quantitative estimate of drug-likeness (QED) is 0.643. The van der Waals surface area contributed by atoms with Gasteiger partial charge in [0.2, 0.25) is 0 Å². The SMILES string of the molecule is OC(c1ccccc1I)c1ccc(F)c2ccccc12. The first kappa shape index (κ1) is 13.5. The second-order valence-corrected chi connectivity index (χ2v) is 5.77. The maximum absolute atomic E-state index is 13.8. The maximum Gasteiger partial charge on any atom is 0.131 e. The smallest absolute Gasteiger partial charge is 0.131 e. The molecule has 0 bridgehead atoms. The van der Waals surface area contributed by atoms with E-state index in [4.69, 9.17) is 0 Å². The van der Waals surface area contributed by atoms with Gasteiger partial charge in [-0.2, -0.15) is 0 Å². The number of halogens is 2. The van der Waals surface area contributed by atoms with Crippen LogP contribution in [0, 0.1) is 9.39 Å². The van der Waals surface area contributed by atoms with Crippen molar-refractivity contribution in [3.63, 3.8) is 0 Å². The van der Waals surface area contributed by atoms with Crippen LogP contribution < -0.4 is 0 Å². The molecule has 1 atom stereocenters. The van der Waals surface area contributed by atoms with Crippen LogP contribution in [0.5, 0.6) is 0 Å². The average molecular weight is 378 g/mol. The van der Waals surface area contributed by atoms with E-state index in [-0.39, 0.29) is 5.82 Å². The molecular formula is C17H12FIO. The molecule has 3 rings (SSSR count). The van der Waals surface area contributed by atoms with Gasteiger partial charge in [-0.1, -0.05) is 48.5 Å². The van der Waals surface area contributed by atoms with Gasteiger partial charge in [-0.3, -0.25) is 0 Å². The van der Waals surface area contributed by atoms with Crippen molar-refractivity contribution in [3.05, 3.63) is 81.2 Å². The Labute approximate surface area is 130 Å². The van der Waals surface area contributed by atoms with E-state index in [1.54, 1.807) is 18.2 Å². The van der Waals surface area contributed by atoms with E-state index in [0.717, 1.165) is 20.1 Å². The number of hydrogen-bond acceptors (Lipinski definition) is 1. The summed E-state index contributed by atoms with van der Waals surface area (Å²) in [4.78, 5) is 0. The lowest BCUT2D eigenvalue weighted by Crippen LogP contribution is -2.03. The predicted octanol–water partition coefficient (Wildman–Crippen LogP) is 4.67. The lowest BCUT2D eigenvalue weighted by atomic mass is 9.96. The van der Waals surface area contributed by atoms with Crippen molar-refractivity contribution < 1.29 is 9.50 Å². The average Bonchev–Trinajstić information content (AvgIpc) is 2.48. The summed E-state index contributed by atoms with van der Waals surface area (Å²) in [7, 11) is 0. The van der Waals surface area contributed by atoms with Crippen molar-refractivity contribution in [2.45, 2.75) is 6.10 Å². The molecule has 0 saturated heterocycles. The lowest BCUT2D eigenvalue weighted by Gasteiger charge is -2.16. The Morgan fingerprint density at radius 2 is 1.45 bits per heavy atom. The van der Waals surface area contributed by atoms with Gasteiger partial charge in [0.15, 0.2) is 0 Å². The van der Waals surface area contributed by atoms with E-state index >= 15 is 0 Å². The van der Waals surface area contributed by atoms with Crippen LogP contribution in [0.4, 0.5) is 4.39 Å². The highest BCUT2D eigenvalue weighted by Gasteiger charge is 2.16. The number of aliphatic hydroxyl groups excluding tert-OH is 1. The van der Waals surface area contributed by atoms with Gasteiger partial charge in [0.25, 0.3) is 0 Å². The Kier molecular flexibility index (Phi) is 3.72. The van der Waals surface area contributed by atoms with E-state index in [1.165, 1.54) is 6.07 Å². The molecule has 0 amide bonds. The van der Waals surface area contributed by atoms with Crippen LogP contribution in [0.25, 0.3) is 10.8 Å². The van der Waals surface area contributed by atoms with Crippen LogP contribution in [0.15, 0.2) is 60.7 Å². The molecule has 0 aliphatic carbocycles. The monoisotopic (exact) mass is 378 g/mol. The highest BCUT2D eigenvalue weighted by molar-refractivity contribution is 14.1. The molecule has 0 aliphatic heterocycles. The molecule has 0 aromatic heterocycles. The largest absolute Gasteiger partial charge is 0.384 e. The first-order valence-corrected chi connectivity index (χ1v) is 7.36. The third-order valence-corrected chi connectivity index (χ3v) is 4.38. The van der Waals surface area contributed by atoms with E-state index in [1.807, 2.05) is 36.4 Å². The predicted molar refractivity (Wildman–Crippen MR) is 87.1 cm³/mol. The Balaban J connectivity index is 2.20. The number of aliphatic hydroxyl groups is 1. The van der Waals surface area contributed by atoms with Crippen molar-refractivity contribution in [2.75, 3.05) is 0 Å². The van der Waals surface area contributed by atoms with E-state index < -0.39 is 6.10 Å². The fourth-order valence-electron chi connectivity index (χ4n) is 2.39. The van der Waals surface area contributed by atoms with Crippen molar-refractivity contribution >= 4 is 33.4 Å². The first-order chi connectivity index (χ1) is 9.68. The van der Waals surface area contributed by atoms with Gasteiger partial charge >= 0.3 is 0 Å². The molecule has 20 heavy (non-hydrogen) atoms. The van der Waals surface area contributed by atoms with Gasteiger partial charge in [0, 0.05) is 8.96 Å². The van der Waals surface area contributed by atoms with Gasteiger partial charge in [-0.15, -0.1) is 0 Å². The van der Waals surface area contributed by atoms with Gasteiger partial charge in [0.1, 0.15) is 11.9 Å². The molecule has 0 heterocycles. The number of benzene rings is 3. The van der Waals surface area contributed by atoms with Gasteiger partial charge < -0.3 is 5.11 Å². The Morgan fingerprint density at radius 3 is 2.20 bits per heavy atom. The van der Waals surface area contributed by atoms with Crippen molar-refractivity contribution in [3.8, 4) is 0 Å². The second kappa shape index (κ2) is 5.50. The lowest BCUT2D eigenvalue weighted by molar-refractivity contribution is 0.221. The van der Waals surface area contributed by atoms with Crippen LogP contribution in [0.3, 0.4) is 0 Å². The van der Waals surface area contributed by atoms with Crippen molar-refractivity contribution in [1.82, 2.24) is 0 Å². The fourth-order valence-corrected chi connectivity index (χ4v) is 3.07. The molecule has 1 nitrogen and oxygen atoms in total. The summed E-state index contributed by atoms with van der Waals surface area (Å²) in [5, 5.41) is 11.9. The molecule has 0 saturated carbocycles. The molecule has 100 valence electrons. The van der Waals surface area contributed by atoms with Gasteiger partial charge in [-0.25, -0.2) is 4.39 Å². The second-order valence-electron chi connectivity index (χ2n) is 4.61. The molecular weight excluding hydrogens is 366 g/mol. The molecule has 3 aromatic rings. The van der Waals surface area contributed by atoms with Crippen molar-refractivity contribution in [2.24, 2.45) is 0 Å². The highest BCUT2D eigenvalue weighted by atomic mass is 127. The summed E-state index contributed by atoms with van der Waals surface area (Å²) in [6.07, 6.45) is -0.756. The molecule has 1 unspecified atom stereocenters. The summed E-state index contributed by atoms with van der Waals surface area (Å²) in [5.74, 6) is -0.265. The van der Waals surface area contributed by atoms with Crippen LogP contribution in [-0.2, 0) is 0 Å². The minimum atomic E-state index is -0.756. The molecule has 3 heteroatoms. The highest BCUT2D eigenvalue weighted by Crippen LogP contribution is 2.32. The topological polar surface area (TPSA) is 20.2 Å². The minimum absolute atomic E-state index is 0.265. The Bertz CT molecular complexity index is 770. The minimum Gasteiger partial charge on any atom is -0.384 e. The van der Waals surface area contributed by atoms with Crippen LogP contribution >= 0.6 is 22.6 Å². The summed E-state index contributed by atoms with van der Waals surface area (Å²) in [6.45, 7) is 0. The van der Waals surface area contributed by atoms with Crippen LogP contribution in [-0.4, -0.2) is 5.11 Å². The summed E-state index contributed by atoms with van der Waals surface area (Å²) < 4.78 is 14.8. The molecule has 0 aliphatic rings. The zero-order valence-corrected chi connectivity index (χ0v) is 12.7. The van der Waals surface area contributed by atoms with Gasteiger partial charge in [-0.05, 0) is 51.2 Å². The third-order valence-electron chi connectivity index (χ3n) is 3.40. The normalized spacial score (nSPS) is 12.6. The molecule has 0 spiro atoms. The molecule has 3 aromatic carbocycles. The standard InChI is InChI=1S/C17H12FIO/c18-15-10-9-13(11-5-1-2-6-12(11)15)17(20)14-7-3-4-8-16(14)19/h1-10,17,20H. The van der Waals surface area contributed by atoms with Gasteiger partial charge in [0.05, 0.1) is 0 Å². The Morgan fingerprint density at radius 1 is 0.800 bits per heavy atom. The summed E-state index contributed by atoms with van der Waals surface area (Å²) in [5.41, 5.74) is 1.57. The van der Waals surface area contributed by atoms with Crippen LogP contribution in [0.1, 0.15) is 17.2 Å². The summed E-state index contributed by atoms with van der Waals surface area (Å²) in [6, 6.07) is 18.0. The Hall–Kier alpha value is -1.46. The van der Waals surface area contributed by atoms with Crippen LogP contribution in [0.2, 0.25) is 0 Å². The number of fused-ring (bicyclic) bond motifs is 1.